The van der Waals surface area contributed by atoms with E-state index >= 15 is 0 Å². The number of rotatable bonds is 4. The average molecular weight is 328 g/mol. The lowest BCUT2D eigenvalue weighted by molar-refractivity contribution is -0.142. The first-order valence-corrected chi connectivity index (χ1v) is 7.08. The molecule has 1 fully saturated rings. The molecule has 1 aliphatic rings. The lowest BCUT2D eigenvalue weighted by Gasteiger charge is -2.17. The number of aliphatic carboxylic acids is 1. The maximum atomic E-state index is 11.1. The van der Waals surface area contributed by atoms with Crippen molar-refractivity contribution in [1.82, 2.24) is 4.90 Å². The molecule has 0 saturated carbocycles. The Hall–Kier alpha value is -1.07. The number of benzene rings is 1. The molecule has 1 heterocycles. The van der Waals surface area contributed by atoms with Gasteiger partial charge in [-0.15, -0.1) is 0 Å². The number of methoxy groups -OCH3 is 1. The Balaban J connectivity index is 2.08. The Labute approximate surface area is 121 Å². The summed E-state index contributed by atoms with van der Waals surface area (Å²) in [5.74, 6) is 0.0613. The van der Waals surface area contributed by atoms with Gasteiger partial charge in [-0.3, -0.25) is 9.69 Å². The van der Waals surface area contributed by atoms with Crippen molar-refractivity contribution in [3.63, 3.8) is 0 Å². The third kappa shape index (κ3) is 3.28. The normalized spacial score (nSPS) is 23.5. The van der Waals surface area contributed by atoms with Crippen LogP contribution in [0.3, 0.4) is 0 Å². The van der Waals surface area contributed by atoms with Gasteiger partial charge >= 0.3 is 5.97 Å². The van der Waals surface area contributed by atoms with Gasteiger partial charge in [-0.25, -0.2) is 0 Å². The van der Waals surface area contributed by atoms with Crippen molar-refractivity contribution in [1.29, 1.82) is 0 Å². The minimum Gasteiger partial charge on any atom is -0.497 e. The molecule has 0 unspecified atom stereocenters. The van der Waals surface area contributed by atoms with Crippen LogP contribution in [0.4, 0.5) is 0 Å². The molecule has 0 radical (unpaired) electrons. The number of carbonyl (C=O) groups is 1. The van der Waals surface area contributed by atoms with E-state index in [1.165, 1.54) is 0 Å². The summed E-state index contributed by atoms with van der Waals surface area (Å²) in [5, 5.41) is 9.15. The van der Waals surface area contributed by atoms with Gasteiger partial charge < -0.3 is 9.84 Å². The topological polar surface area (TPSA) is 49.8 Å². The van der Waals surface area contributed by atoms with E-state index in [0.717, 1.165) is 28.9 Å². The van der Waals surface area contributed by atoms with Crippen molar-refractivity contribution >= 4 is 21.9 Å². The van der Waals surface area contributed by atoms with Crippen LogP contribution in [-0.2, 0) is 11.3 Å². The molecule has 4 nitrogen and oxygen atoms in total. The summed E-state index contributed by atoms with van der Waals surface area (Å²) in [4.78, 5) is 13.3. The number of hydrogen-bond donors (Lipinski definition) is 1. The summed E-state index contributed by atoms with van der Waals surface area (Å²) in [6.45, 7) is 4.17. The standard InChI is InChI=1S/C14H18BrNO3/c1-9-6-16(8-12(9)14(17)18)7-10-5-11(19-2)3-4-13(10)15/h3-5,9,12H,6-8H2,1-2H3,(H,17,18)/t9-,12-/m1/s1. The second-order valence-electron chi connectivity index (χ2n) is 5.07. The minimum atomic E-state index is -0.695. The second-order valence-corrected chi connectivity index (χ2v) is 5.93. The molecule has 0 aromatic heterocycles. The molecule has 1 aromatic carbocycles. The van der Waals surface area contributed by atoms with Crippen molar-refractivity contribution < 1.29 is 14.6 Å². The maximum Gasteiger partial charge on any atom is 0.308 e. The number of nitrogens with zero attached hydrogens (tertiary/aromatic N) is 1. The zero-order chi connectivity index (χ0) is 14.0. The monoisotopic (exact) mass is 327 g/mol. The van der Waals surface area contributed by atoms with Crippen molar-refractivity contribution in [2.24, 2.45) is 11.8 Å². The first-order valence-electron chi connectivity index (χ1n) is 6.29. The molecule has 0 spiro atoms. The van der Waals surface area contributed by atoms with E-state index in [-0.39, 0.29) is 11.8 Å². The van der Waals surface area contributed by atoms with Crippen LogP contribution in [0.15, 0.2) is 22.7 Å². The van der Waals surface area contributed by atoms with E-state index in [1.807, 2.05) is 25.1 Å². The van der Waals surface area contributed by atoms with E-state index in [1.54, 1.807) is 7.11 Å². The second kappa shape index (κ2) is 5.92. The molecule has 2 rings (SSSR count). The largest absolute Gasteiger partial charge is 0.497 e. The quantitative estimate of drug-likeness (QED) is 0.923. The van der Waals surface area contributed by atoms with Gasteiger partial charge in [0, 0.05) is 24.1 Å². The molecule has 1 aromatic rings. The Morgan fingerprint density at radius 3 is 2.84 bits per heavy atom. The molecule has 0 aliphatic carbocycles. The molecule has 0 bridgehead atoms. The SMILES string of the molecule is COc1ccc(Br)c(CN2C[C@@H](C)[C@H](C(=O)O)C2)c1. The highest BCUT2D eigenvalue weighted by Crippen LogP contribution is 2.28. The summed E-state index contributed by atoms with van der Waals surface area (Å²) in [5.41, 5.74) is 1.12. The van der Waals surface area contributed by atoms with E-state index in [4.69, 9.17) is 9.84 Å². The number of carboxylic acid groups (broad SMARTS) is 1. The lowest BCUT2D eigenvalue weighted by Crippen LogP contribution is -2.23. The van der Waals surface area contributed by atoms with Gasteiger partial charge in [0.25, 0.3) is 0 Å². The highest BCUT2D eigenvalue weighted by atomic mass is 79.9. The van der Waals surface area contributed by atoms with Gasteiger partial charge in [0.15, 0.2) is 0 Å². The van der Waals surface area contributed by atoms with E-state index in [9.17, 15) is 4.79 Å². The van der Waals surface area contributed by atoms with Gasteiger partial charge in [-0.2, -0.15) is 0 Å². The van der Waals surface area contributed by atoms with E-state index < -0.39 is 5.97 Å². The first kappa shape index (κ1) is 14.3. The molecule has 104 valence electrons. The van der Waals surface area contributed by atoms with Crippen molar-refractivity contribution in [2.45, 2.75) is 13.5 Å². The van der Waals surface area contributed by atoms with E-state index in [2.05, 4.69) is 20.8 Å². The number of ether oxygens (including phenoxy) is 1. The smallest absolute Gasteiger partial charge is 0.308 e. The van der Waals surface area contributed by atoms with Crippen LogP contribution in [0.25, 0.3) is 0 Å². The Morgan fingerprint density at radius 2 is 2.26 bits per heavy atom. The predicted molar refractivity (Wildman–Crippen MR) is 76.3 cm³/mol. The average Bonchev–Trinajstić information content (AvgIpc) is 2.73. The van der Waals surface area contributed by atoms with Crippen LogP contribution in [0.1, 0.15) is 12.5 Å². The van der Waals surface area contributed by atoms with Gasteiger partial charge in [0.2, 0.25) is 0 Å². The minimum absolute atomic E-state index is 0.196. The maximum absolute atomic E-state index is 11.1. The van der Waals surface area contributed by atoms with Gasteiger partial charge in [-0.1, -0.05) is 22.9 Å². The van der Waals surface area contributed by atoms with Crippen LogP contribution in [0.5, 0.6) is 5.75 Å². The van der Waals surface area contributed by atoms with Crippen LogP contribution >= 0.6 is 15.9 Å². The fourth-order valence-electron chi connectivity index (χ4n) is 2.56. The van der Waals surface area contributed by atoms with Crippen LogP contribution in [0.2, 0.25) is 0 Å². The third-order valence-electron chi connectivity index (χ3n) is 3.65. The third-order valence-corrected chi connectivity index (χ3v) is 4.43. The highest BCUT2D eigenvalue weighted by Gasteiger charge is 2.34. The molecule has 5 heteroatoms. The van der Waals surface area contributed by atoms with Crippen LogP contribution in [-0.4, -0.2) is 36.2 Å². The van der Waals surface area contributed by atoms with Crippen molar-refractivity contribution in [3.05, 3.63) is 28.2 Å². The Kier molecular flexibility index (Phi) is 4.47. The summed E-state index contributed by atoms with van der Waals surface area (Å²) in [6.07, 6.45) is 0. The zero-order valence-corrected chi connectivity index (χ0v) is 12.7. The van der Waals surface area contributed by atoms with Crippen molar-refractivity contribution in [3.8, 4) is 5.75 Å². The number of likely N-dealkylation sites (tertiary alicyclic amines) is 1. The fraction of sp³-hybridized carbons (Fsp3) is 0.500. The Bertz CT molecular complexity index is 478. The molecule has 1 N–H and O–H groups in total. The highest BCUT2D eigenvalue weighted by molar-refractivity contribution is 9.10. The van der Waals surface area contributed by atoms with Crippen LogP contribution in [0, 0.1) is 11.8 Å². The fourth-order valence-corrected chi connectivity index (χ4v) is 2.93. The molecule has 19 heavy (non-hydrogen) atoms. The molecule has 2 atom stereocenters. The molecular weight excluding hydrogens is 310 g/mol. The molecule has 1 aliphatic heterocycles. The van der Waals surface area contributed by atoms with E-state index in [0.29, 0.717) is 6.54 Å². The summed E-state index contributed by atoms with van der Waals surface area (Å²) >= 11 is 3.53. The molecular formula is C14H18BrNO3. The van der Waals surface area contributed by atoms with Crippen LogP contribution < -0.4 is 4.74 Å². The summed E-state index contributed by atoms with van der Waals surface area (Å²) in [6, 6.07) is 5.85. The van der Waals surface area contributed by atoms with Crippen molar-refractivity contribution in [2.75, 3.05) is 20.2 Å². The first-order chi connectivity index (χ1) is 9.01. The predicted octanol–water partition coefficient (Wildman–Crippen LogP) is 2.61. The van der Waals surface area contributed by atoms with Gasteiger partial charge in [0.05, 0.1) is 13.0 Å². The Morgan fingerprint density at radius 1 is 1.53 bits per heavy atom. The lowest BCUT2D eigenvalue weighted by atomic mass is 9.99. The number of carboxylic acids is 1. The zero-order valence-electron chi connectivity index (χ0n) is 11.1. The van der Waals surface area contributed by atoms with Gasteiger partial charge in [-0.05, 0) is 29.7 Å². The van der Waals surface area contributed by atoms with Gasteiger partial charge in [0.1, 0.15) is 5.75 Å². The number of hydrogen-bond acceptors (Lipinski definition) is 3. The molecule has 1 saturated heterocycles. The summed E-state index contributed by atoms with van der Waals surface area (Å²) < 4.78 is 6.25. The molecule has 0 amide bonds. The summed E-state index contributed by atoms with van der Waals surface area (Å²) in [7, 11) is 1.64. The number of halogens is 1.